The minimum absolute atomic E-state index is 0.833. The van der Waals surface area contributed by atoms with Crippen molar-refractivity contribution in [2.75, 3.05) is 0 Å². The van der Waals surface area contributed by atoms with Crippen molar-refractivity contribution >= 4 is 25.7 Å². The standard InChI is InChI=1S/C3H4O2.3C3H7.Sn/c1-2-3(4)5;3*1-3-2;/h2H,1H2,(H,4,5);3*3H,1-2H3;. The van der Waals surface area contributed by atoms with Crippen LogP contribution < -0.4 is 0 Å². The first-order chi connectivity index (χ1) is 6.73. The number of carboxylic acids is 1. The van der Waals surface area contributed by atoms with Gasteiger partial charge in [0.15, 0.2) is 0 Å². The van der Waals surface area contributed by atoms with Gasteiger partial charge in [-0.25, -0.2) is 4.79 Å². The van der Waals surface area contributed by atoms with Crippen molar-refractivity contribution in [1.82, 2.24) is 0 Å². The molecule has 0 atom stereocenters. The Morgan fingerprint density at radius 2 is 1.27 bits per heavy atom. The van der Waals surface area contributed by atoms with E-state index < -0.39 is 25.7 Å². The minimum atomic E-state index is -1.01. The number of hydrogen-bond donors (Lipinski definition) is 1. The van der Waals surface area contributed by atoms with Crippen LogP contribution in [0.25, 0.3) is 0 Å². The molecule has 0 rings (SSSR count). The molecule has 0 amide bonds. The van der Waals surface area contributed by atoms with Crippen molar-refractivity contribution in [2.24, 2.45) is 0 Å². The summed E-state index contributed by atoms with van der Waals surface area (Å²) in [5.74, 6) is -0.981. The fourth-order valence-electron chi connectivity index (χ4n) is 2.00. The predicted molar refractivity (Wildman–Crippen MR) is 68.9 cm³/mol. The van der Waals surface area contributed by atoms with Gasteiger partial charge in [0, 0.05) is 6.08 Å². The van der Waals surface area contributed by atoms with Crippen LogP contribution in [0.1, 0.15) is 41.5 Å². The van der Waals surface area contributed by atoms with Crippen LogP contribution in [0.4, 0.5) is 0 Å². The molecule has 1 radical (unpaired) electrons. The Labute approximate surface area is 102 Å². The maximum atomic E-state index is 9.25. The predicted octanol–water partition coefficient (Wildman–Crippen LogP) is 3.97. The fraction of sp³-hybridized carbons (Fsp3) is 0.750. The van der Waals surface area contributed by atoms with Crippen LogP contribution in [-0.4, -0.2) is 30.8 Å². The Bertz CT molecular complexity index is 167. The quantitative estimate of drug-likeness (QED) is 0.629. The van der Waals surface area contributed by atoms with Crippen molar-refractivity contribution in [3.8, 4) is 0 Å². The average molecular weight is 320 g/mol. The molecule has 15 heavy (non-hydrogen) atoms. The van der Waals surface area contributed by atoms with Gasteiger partial charge in [-0.3, -0.25) is 0 Å². The molecule has 0 fully saturated rings. The van der Waals surface area contributed by atoms with E-state index in [9.17, 15) is 4.79 Å². The Balaban J connectivity index is 0. The average Bonchev–Trinajstić information content (AvgIpc) is 2.02. The van der Waals surface area contributed by atoms with E-state index in [2.05, 4.69) is 48.1 Å². The van der Waals surface area contributed by atoms with Crippen LogP contribution in [0.5, 0.6) is 0 Å². The Morgan fingerprint density at radius 1 is 1.07 bits per heavy atom. The van der Waals surface area contributed by atoms with Crippen LogP contribution in [0.15, 0.2) is 12.7 Å². The third kappa shape index (κ3) is 10.3. The molecule has 0 aliphatic carbocycles. The second kappa shape index (κ2) is 9.25. The molecular formula is C12H25O2Sn. The van der Waals surface area contributed by atoms with E-state index in [1.54, 1.807) is 0 Å². The van der Waals surface area contributed by atoms with E-state index in [0.717, 1.165) is 17.9 Å². The van der Waals surface area contributed by atoms with Crippen LogP contribution in [-0.2, 0) is 4.79 Å². The molecule has 0 heterocycles. The Kier molecular flexibility index (Phi) is 10.7. The van der Waals surface area contributed by atoms with Gasteiger partial charge in [0.25, 0.3) is 0 Å². The number of carboxylic acid groups (broad SMARTS) is 1. The summed E-state index contributed by atoms with van der Waals surface area (Å²) in [6.45, 7) is 17.4. The second-order valence-corrected chi connectivity index (χ2v) is 17.2. The number of aliphatic carboxylic acids is 1. The van der Waals surface area contributed by atoms with Gasteiger partial charge in [-0.1, -0.05) is 6.58 Å². The van der Waals surface area contributed by atoms with Gasteiger partial charge in [-0.15, -0.1) is 0 Å². The molecule has 1 N–H and O–H groups in total. The van der Waals surface area contributed by atoms with Crippen LogP contribution in [0.2, 0.25) is 11.8 Å². The molecule has 0 saturated carbocycles. The van der Waals surface area contributed by atoms with Gasteiger partial charge in [-0.05, 0) is 0 Å². The molecule has 2 nitrogen and oxygen atoms in total. The first-order valence-electron chi connectivity index (χ1n) is 5.45. The number of hydrogen-bond acceptors (Lipinski definition) is 1. The zero-order valence-electron chi connectivity index (χ0n) is 10.9. The van der Waals surface area contributed by atoms with E-state index in [0.29, 0.717) is 0 Å². The molecule has 89 valence electrons. The normalized spacial score (nSPS) is 10.5. The summed E-state index contributed by atoms with van der Waals surface area (Å²) in [7, 11) is 0. The Morgan fingerprint density at radius 3 is 1.27 bits per heavy atom. The van der Waals surface area contributed by atoms with Crippen LogP contribution in [0, 0.1) is 0 Å². The molecular weight excluding hydrogens is 295 g/mol. The molecule has 0 aliphatic rings. The van der Waals surface area contributed by atoms with Crippen molar-refractivity contribution in [1.29, 1.82) is 0 Å². The molecule has 0 bridgehead atoms. The first-order valence-corrected chi connectivity index (χ1v) is 10.4. The van der Waals surface area contributed by atoms with Crippen LogP contribution >= 0.6 is 0 Å². The summed E-state index contributed by atoms with van der Waals surface area (Å²) in [5.41, 5.74) is 0. The Hall–Kier alpha value is 0.00870. The van der Waals surface area contributed by atoms with Gasteiger partial charge in [0.2, 0.25) is 0 Å². The van der Waals surface area contributed by atoms with E-state index in [1.165, 1.54) is 0 Å². The van der Waals surface area contributed by atoms with Gasteiger partial charge >= 0.3 is 79.1 Å². The van der Waals surface area contributed by atoms with Gasteiger partial charge < -0.3 is 5.11 Å². The third-order valence-corrected chi connectivity index (χ3v) is 13.6. The summed E-state index contributed by atoms with van der Waals surface area (Å²) in [6, 6.07) is 0. The number of carbonyl (C=O) groups is 1. The molecule has 0 aromatic carbocycles. The molecule has 3 heteroatoms. The summed E-state index contributed by atoms with van der Waals surface area (Å²) < 4.78 is 3.09. The molecule has 0 unspecified atom stereocenters. The maximum absolute atomic E-state index is 9.25. The van der Waals surface area contributed by atoms with Gasteiger partial charge in [0.1, 0.15) is 0 Å². The first kappa shape index (κ1) is 17.4. The molecule has 0 spiro atoms. The number of rotatable bonds is 4. The monoisotopic (exact) mass is 321 g/mol. The van der Waals surface area contributed by atoms with E-state index in [4.69, 9.17) is 5.11 Å². The molecule has 0 aromatic rings. The summed E-state index contributed by atoms with van der Waals surface area (Å²) in [6.07, 6.45) is 0.833. The van der Waals surface area contributed by atoms with E-state index in [1.807, 2.05) is 0 Å². The zero-order chi connectivity index (χ0) is 12.6. The molecule has 0 aromatic heterocycles. The van der Waals surface area contributed by atoms with Crippen molar-refractivity contribution in [2.45, 2.75) is 53.3 Å². The van der Waals surface area contributed by atoms with Crippen molar-refractivity contribution in [3.05, 3.63) is 12.7 Å². The zero-order valence-corrected chi connectivity index (χ0v) is 13.7. The molecule has 0 aliphatic heterocycles. The topological polar surface area (TPSA) is 37.3 Å². The summed E-state index contributed by atoms with van der Waals surface area (Å²) in [4.78, 5) is 9.25. The van der Waals surface area contributed by atoms with Gasteiger partial charge in [-0.2, -0.15) is 0 Å². The van der Waals surface area contributed by atoms with E-state index >= 15 is 0 Å². The SMILES string of the molecule is C=CC(=O)O.C[CH](C)[Sn]([CH](C)C)[CH](C)C. The third-order valence-electron chi connectivity index (χ3n) is 2.17. The summed E-state index contributed by atoms with van der Waals surface area (Å²) in [5, 5.41) is 7.60. The van der Waals surface area contributed by atoms with Gasteiger partial charge in [0.05, 0.1) is 0 Å². The van der Waals surface area contributed by atoms with Crippen LogP contribution in [0.3, 0.4) is 0 Å². The van der Waals surface area contributed by atoms with Crippen molar-refractivity contribution < 1.29 is 9.90 Å². The second-order valence-electron chi connectivity index (χ2n) is 4.51. The summed E-state index contributed by atoms with van der Waals surface area (Å²) >= 11 is -1.01. The molecule has 0 saturated heterocycles. The fourth-order valence-corrected chi connectivity index (χ4v) is 13.4. The van der Waals surface area contributed by atoms with Crippen molar-refractivity contribution in [3.63, 3.8) is 0 Å². The van der Waals surface area contributed by atoms with E-state index in [-0.39, 0.29) is 0 Å².